The third-order valence-corrected chi connectivity index (χ3v) is 3.83. The Labute approximate surface area is 131 Å². The lowest BCUT2D eigenvalue weighted by Gasteiger charge is -2.18. The van der Waals surface area contributed by atoms with Crippen molar-refractivity contribution in [2.45, 2.75) is 6.04 Å². The Kier molecular flexibility index (Phi) is 5.66. The third kappa shape index (κ3) is 4.66. The molecule has 0 spiro atoms. The predicted octanol–water partition coefficient (Wildman–Crippen LogP) is 3.07. The molecule has 0 unspecified atom stereocenters. The number of para-hydroxylation sites is 1. The summed E-state index contributed by atoms with van der Waals surface area (Å²) < 4.78 is 25.0. The second-order valence-electron chi connectivity index (χ2n) is 4.78. The van der Waals surface area contributed by atoms with Crippen LogP contribution in [0.3, 0.4) is 0 Å². The van der Waals surface area contributed by atoms with Crippen molar-refractivity contribution in [3.05, 3.63) is 66.0 Å². The number of nitrogens with one attached hydrogen (secondary N) is 2. The van der Waals surface area contributed by atoms with E-state index in [0.29, 0.717) is 0 Å². The summed E-state index contributed by atoms with van der Waals surface area (Å²) in [6.07, 6.45) is 1.58. The highest BCUT2D eigenvalue weighted by molar-refractivity contribution is 7.84. The number of rotatable bonds is 5. The fraction of sp³-hybridized carbons (Fsp3) is 0.188. The molecule has 0 aromatic heterocycles. The Bertz CT molecular complexity index is 664. The third-order valence-electron chi connectivity index (χ3n) is 3.03. The summed E-state index contributed by atoms with van der Waals surface area (Å²) in [4.78, 5) is 12.0. The van der Waals surface area contributed by atoms with Crippen LogP contribution in [0.15, 0.2) is 54.6 Å². The Hall–Kier alpha value is -2.21. The van der Waals surface area contributed by atoms with Crippen LogP contribution >= 0.6 is 0 Å². The van der Waals surface area contributed by atoms with Crippen molar-refractivity contribution >= 4 is 22.5 Å². The van der Waals surface area contributed by atoms with Crippen LogP contribution in [0.2, 0.25) is 0 Å². The summed E-state index contributed by atoms with van der Waals surface area (Å²) in [5.41, 5.74) is 0.950. The number of amides is 2. The van der Waals surface area contributed by atoms with Crippen LogP contribution in [0.25, 0.3) is 0 Å². The van der Waals surface area contributed by atoms with E-state index in [4.69, 9.17) is 0 Å². The van der Waals surface area contributed by atoms with E-state index in [1.807, 2.05) is 30.3 Å². The Morgan fingerprint density at radius 3 is 2.41 bits per heavy atom. The summed E-state index contributed by atoms with van der Waals surface area (Å²) >= 11 is 0. The number of halogens is 1. The zero-order valence-electron chi connectivity index (χ0n) is 12.1. The van der Waals surface area contributed by atoms with Crippen LogP contribution in [-0.2, 0) is 10.8 Å². The Balaban J connectivity index is 2.08. The maximum absolute atomic E-state index is 13.5. The lowest BCUT2D eigenvalue weighted by atomic mass is 10.1. The van der Waals surface area contributed by atoms with Crippen molar-refractivity contribution in [3.63, 3.8) is 0 Å². The molecule has 0 aliphatic carbocycles. The van der Waals surface area contributed by atoms with Crippen LogP contribution in [0.5, 0.6) is 0 Å². The monoisotopic (exact) mass is 320 g/mol. The second kappa shape index (κ2) is 7.70. The fourth-order valence-electron chi connectivity index (χ4n) is 2.02. The maximum Gasteiger partial charge on any atom is 0.319 e. The van der Waals surface area contributed by atoms with E-state index in [0.717, 1.165) is 5.56 Å². The van der Waals surface area contributed by atoms with Crippen LogP contribution in [0.4, 0.5) is 14.9 Å². The molecule has 0 saturated carbocycles. The molecule has 0 bridgehead atoms. The SMILES string of the molecule is C[S@](=O)C[C@@H](NC(=O)Nc1ccccc1F)c1ccccc1. The van der Waals surface area contributed by atoms with Gasteiger partial charge in [-0.1, -0.05) is 42.5 Å². The normalized spacial score (nSPS) is 13.2. The fourth-order valence-corrected chi connectivity index (χ4v) is 2.77. The van der Waals surface area contributed by atoms with Crippen molar-refractivity contribution in [3.8, 4) is 0 Å². The molecule has 2 rings (SSSR count). The zero-order chi connectivity index (χ0) is 15.9. The van der Waals surface area contributed by atoms with Crippen molar-refractivity contribution in [1.29, 1.82) is 0 Å². The van der Waals surface area contributed by atoms with Crippen LogP contribution in [0, 0.1) is 5.82 Å². The number of hydrogen-bond donors (Lipinski definition) is 2. The van der Waals surface area contributed by atoms with Gasteiger partial charge in [0.05, 0.1) is 11.7 Å². The number of carbonyl (C=O) groups excluding carboxylic acids is 1. The highest BCUT2D eigenvalue weighted by atomic mass is 32.2. The molecule has 0 radical (unpaired) electrons. The van der Waals surface area contributed by atoms with Gasteiger partial charge in [-0.2, -0.15) is 0 Å². The lowest BCUT2D eigenvalue weighted by Crippen LogP contribution is -2.35. The molecule has 116 valence electrons. The molecule has 4 nitrogen and oxygen atoms in total. The molecule has 2 atom stereocenters. The van der Waals surface area contributed by atoms with E-state index in [9.17, 15) is 13.4 Å². The molecule has 0 saturated heterocycles. The number of urea groups is 1. The van der Waals surface area contributed by atoms with Gasteiger partial charge in [0.15, 0.2) is 0 Å². The topological polar surface area (TPSA) is 58.2 Å². The van der Waals surface area contributed by atoms with E-state index in [1.165, 1.54) is 12.1 Å². The van der Waals surface area contributed by atoms with E-state index < -0.39 is 28.7 Å². The van der Waals surface area contributed by atoms with Gasteiger partial charge in [0.25, 0.3) is 0 Å². The Morgan fingerprint density at radius 1 is 1.14 bits per heavy atom. The van der Waals surface area contributed by atoms with Gasteiger partial charge in [0.2, 0.25) is 0 Å². The molecule has 0 aliphatic rings. The summed E-state index contributed by atoms with van der Waals surface area (Å²) in [6, 6.07) is 14.2. The van der Waals surface area contributed by atoms with E-state index in [-0.39, 0.29) is 11.4 Å². The summed E-state index contributed by atoms with van der Waals surface area (Å²) in [5, 5.41) is 5.19. The molecule has 22 heavy (non-hydrogen) atoms. The minimum atomic E-state index is -1.08. The average molecular weight is 320 g/mol. The first-order chi connectivity index (χ1) is 10.6. The van der Waals surface area contributed by atoms with E-state index in [2.05, 4.69) is 10.6 Å². The highest BCUT2D eigenvalue weighted by Gasteiger charge is 2.16. The van der Waals surface area contributed by atoms with Crippen molar-refractivity contribution < 1.29 is 13.4 Å². The molecular weight excluding hydrogens is 303 g/mol. The van der Waals surface area contributed by atoms with Gasteiger partial charge in [0.1, 0.15) is 5.82 Å². The number of anilines is 1. The molecule has 0 heterocycles. The van der Waals surface area contributed by atoms with Crippen molar-refractivity contribution in [2.75, 3.05) is 17.3 Å². The average Bonchev–Trinajstić information content (AvgIpc) is 2.49. The van der Waals surface area contributed by atoms with E-state index in [1.54, 1.807) is 18.4 Å². The largest absolute Gasteiger partial charge is 0.330 e. The van der Waals surface area contributed by atoms with Crippen molar-refractivity contribution in [1.82, 2.24) is 5.32 Å². The lowest BCUT2D eigenvalue weighted by molar-refractivity contribution is 0.249. The summed E-state index contributed by atoms with van der Waals surface area (Å²) in [5.74, 6) is -0.220. The minimum absolute atomic E-state index is 0.101. The van der Waals surface area contributed by atoms with Crippen LogP contribution in [0.1, 0.15) is 11.6 Å². The van der Waals surface area contributed by atoms with Gasteiger partial charge in [-0.05, 0) is 17.7 Å². The minimum Gasteiger partial charge on any atom is -0.330 e. The van der Waals surface area contributed by atoms with Gasteiger partial charge >= 0.3 is 6.03 Å². The first kappa shape index (κ1) is 16.2. The number of hydrogen-bond acceptors (Lipinski definition) is 2. The Morgan fingerprint density at radius 2 is 1.77 bits per heavy atom. The van der Waals surface area contributed by atoms with Crippen LogP contribution in [-0.4, -0.2) is 22.2 Å². The van der Waals surface area contributed by atoms with Crippen LogP contribution < -0.4 is 10.6 Å². The summed E-state index contributed by atoms with van der Waals surface area (Å²) in [6.45, 7) is 0. The molecule has 2 aromatic carbocycles. The molecule has 0 fully saturated rings. The van der Waals surface area contributed by atoms with Gasteiger partial charge in [-0.3, -0.25) is 4.21 Å². The second-order valence-corrected chi connectivity index (χ2v) is 6.26. The zero-order valence-corrected chi connectivity index (χ0v) is 12.9. The molecular formula is C16H17FN2O2S. The standard InChI is InChI=1S/C16H17FN2O2S/c1-22(21)11-15(12-7-3-2-4-8-12)19-16(20)18-14-10-6-5-9-13(14)17/h2-10,15H,11H2,1H3,(H2,18,19,20)/t15-,22+/m1/s1. The quantitative estimate of drug-likeness (QED) is 0.889. The molecule has 6 heteroatoms. The maximum atomic E-state index is 13.5. The molecule has 0 aliphatic heterocycles. The molecule has 2 N–H and O–H groups in total. The van der Waals surface area contributed by atoms with Gasteiger partial charge in [-0.25, -0.2) is 9.18 Å². The predicted molar refractivity (Wildman–Crippen MR) is 86.7 cm³/mol. The van der Waals surface area contributed by atoms with Gasteiger partial charge in [-0.15, -0.1) is 0 Å². The summed E-state index contributed by atoms with van der Waals surface area (Å²) in [7, 11) is -1.08. The van der Waals surface area contributed by atoms with E-state index >= 15 is 0 Å². The van der Waals surface area contributed by atoms with Crippen molar-refractivity contribution in [2.24, 2.45) is 0 Å². The number of carbonyl (C=O) groups is 1. The first-order valence-electron chi connectivity index (χ1n) is 6.73. The molecule has 2 aromatic rings. The van der Waals surface area contributed by atoms with Gasteiger partial charge < -0.3 is 10.6 Å². The van der Waals surface area contributed by atoms with Gasteiger partial charge in [0, 0.05) is 22.8 Å². The molecule has 2 amide bonds. The first-order valence-corrected chi connectivity index (χ1v) is 8.46. The smallest absolute Gasteiger partial charge is 0.319 e. The number of benzene rings is 2. The highest BCUT2D eigenvalue weighted by Crippen LogP contribution is 2.15.